The first kappa shape index (κ1) is 21.8. The highest BCUT2D eigenvalue weighted by molar-refractivity contribution is 5.92. The van der Waals surface area contributed by atoms with Crippen LogP contribution in [0.4, 0.5) is 0 Å². The van der Waals surface area contributed by atoms with Crippen LogP contribution in [0.25, 0.3) is 6.08 Å². The van der Waals surface area contributed by atoms with Gasteiger partial charge in [0.15, 0.2) is 11.5 Å². The first-order chi connectivity index (χ1) is 16.1. The van der Waals surface area contributed by atoms with E-state index in [0.717, 1.165) is 48.3 Å². The van der Waals surface area contributed by atoms with E-state index in [1.165, 1.54) is 0 Å². The van der Waals surface area contributed by atoms with Crippen molar-refractivity contribution < 1.29 is 24.1 Å². The van der Waals surface area contributed by atoms with Crippen LogP contribution in [0.15, 0.2) is 48.5 Å². The average Bonchev–Trinajstić information content (AvgIpc) is 3.30. The van der Waals surface area contributed by atoms with Gasteiger partial charge in [0.05, 0.1) is 18.2 Å². The number of likely N-dealkylation sites (tertiary alicyclic amines) is 1. The summed E-state index contributed by atoms with van der Waals surface area (Å²) < 4.78 is 16.8. The molecule has 1 amide bonds. The molecule has 0 bridgehead atoms. The Balaban J connectivity index is 1.46. The number of amides is 1. The Hall–Kier alpha value is -2.99. The van der Waals surface area contributed by atoms with Crippen molar-refractivity contribution >= 4 is 12.0 Å². The average molecular weight is 450 g/mol. The van der Waals surface area contributed by atoms with Crippen LogP contribution < -0.4 is 14.2 Å². The lowest BCUT2D eigenvalue weighted by Gasteiger charge is -2.52. The minimum absolute atomic E-state index is 0.00972. The van der Waals surface area contributed by atoms with Crippen LogP contribution >= 0.6 is 0 Å². The Morgan fingerprint density at radius 1 is 1.18 bits per heavy atom. The van der Waals surface area contributed by atoms with E-state index in [-0.39, 0.29) is 24.7 Å². The molecule has 3 atom stereocenters. The first-order valence-electron chi connectivity index (χ1n) is 11.9. The minimum atomic E-state index is -0.736. The summed E-state index contributed by atoms with van der Waals surface area (Å²) in [5.41, 5.74) is 1.12. The van der Waals surface area contributed by atoms with Crippen molar-refractivity contribution in [3.05, 3.63) is 59.7 Å². The van der Waals surface area contributed by atoms with E-state index in [0.29, 0.717) is 25.3 Å². The van der Waals surface area contributed by atoms with Gasteiger partial charge in [0, 0.05) is 24.1 Å². The second-order valence-corrected chi connectivity index (χ2v) is 9.10. The molecule has 0 spiro atoms. The van der Waals surface area contributed by atoms with Crippen molar-refractivity contribution in [3.63, 3.8) is 0 Å². The Kier molecular flexibility index (Phi) is 6.02. The zero-order valence-corrected chi connectivity index (χ0v) is 19.0. The number of rotatable bonds is 5. The minimum Gasteiger partial charge on any atom is -0.494 e. The van der Waals surface area contributed by atoms with Crippen LogP contribution in [-0.4, -0.2) is 41.5 Å². The highest BCUT2D eigenvalue weighted by atomic mass is 16.7. The van der Waals surface area contributed by atoms with E-state index < -0.39 is 5.60 Å². The van der Waals surface area contributed by atoms with Crippen LogP contribution in [0, 0.1) is 5.92 Å². The number of carbonyl (C=O) groups excluding carboxylic acids is 1. The maximum absolute atomic E-state index is 13.5. The van der Waals surface area contributed by atoms with Gasteiger partial charge >= 0.3 is 0 Å². The molecule has 174 valence electrons. The van der Waals surface area contributed by atoms with Gasteiger partial charge in [-0.1, -0.05) is 37.1 Å². The van der Waals surface area contributed by atoms with Crippen LogP contribution in [0.5, 0.6) is 17.2 Å². The Morgan fingerprint density at radius 2 is 2.03 bits per heavy atom. The number of hydrogen-bond donors (Lipinski definition) is 1. The molecule has 1 aliphatic carbocycles. The van der Waals surface area contributed by atoms with Gasteiger partial charge in [-0.05, 0) is 56.0 Å². The topological polar surface area (TPSA) is 68.2 Å². The predicted octanol–water partition coefficient (Wildman–Crippen LogP) is 4.72. The molecular weight excluding hydrogens is 418 g/mol. The third-order valence-electron chi connectivity index (χ3n) is 7.20. The fourth-order valence-corrected chi connectivity index (χ4v) is 5.61. The van der Waals surface area contributed by atoms with Crippen LogP contribution in [0.1, 0.15) is 56.2 Å². The molecule has 2 heterocycles. The van der Waals surface area contributed by atoms with Crippen LogP contribution in [0.3, 0.4) is 0 Å². The van der Waals surface area contributed by atoms with Gasteiger partial charge < -0.3 is 24.2 Å². The third kappa shape index (κ3) is 4.20. The molecular formula is C27H31NO5. The van der Waals surface area contributed by atoms with Crippen LogP contribution in [-0.2, 0) is 4.79 Å². The molecule has 1 saturated heterocycles. The summed E-state index contributed by atoms with van der Waals surface area (Å²) in [5.74, 6) is 2.13. The molecule has 0 radical (unpaired) electrons. The zero-order valence-electron chi connectivity index (χ0n) is 19.0. The molecule has 1 N–H and O–H groups in total. The number of benzene rings is 2. The number of nitrogens with zero attached hydrogens (tertiary/aromatic N) is 1. The van der Waals surface area contributed by atoms with Crippen molar-refractivity contribution in [1.29, 1.82) is 0 Å². The fraction of sp³-hybridized carbons (Fsp3) is 0.444. The molecule has 1 saturated carbocycles. The highest BCUT2D eigenvalue weighted by Crippen LogP contribution is 2.51. The standard InChI is InChI=1S/C27H31NO5/c1-2-31-22-9-4-3-7-20(22)26-21-8-5-6-14-27(21,30)15-16-28(26)25(29)13-11-19-10-12-23-24(17-19)33-18-32-23/h3-4,7,9-13,17,21,26,30H,2,5-6,8,14-16,18H2,1H3/b13-11+/t21-,26+,27-/m0/s1. The molecule has 0 unspecified atom stereocenters. The summed E-state index contributed by atoms with van der Waals surface area (Å²) >= 11 is 0. The van der Waals surface area contributed by atoms with Gasteiger partial charge in [0.1, 0.15) is 5.75 Å². The molecule has 33 heavy (non-hydrogen) atoms. The number of aliphatic hydroxyl groups is 1. The Labute approximate surface area is 194 Å². The fourth-order valence-electron chi connectivity index (χ4n) is 5.61. The van der Waals surface area contributed by atoms with Crippen molar-refractivity contribution in [1.82, 2.24) is 4.90 Å². The molecule has 5 rings (SSSR count). The summed E-state index contributed by atoms with van der Waals surface area (Å²) in [5, 5.41) is 11.5. The van der Waals surface area contributed by atoms with E-state index in [1.807, 2.05) is 60.4 Å². The summed E-state index contributed by atoms with van der Waals surface area (Å²) in [7, 11) is 0. The smallest absolute Gasteiger partial charge is 0.247 e. The maximum atomic E-state index is 13.5. The van der Waals surface area contributed by atoms with Gasteiger partial charge in [-0.25, -0.2) is 0 Å². The number of para-hydroxylation sites is 1. The monoisotopic (exact) mass is 449 g/mol. The molecule has 6 nitrogen and oxygen atoms in total. The van der Waals surface area contributed by atoms with Gasteiger partial charge in [-0.2, -0.15) is 0 Å². The number of ether oxygens (including phenoxy) is 3. The van der Waals surface area contributed by atoms with E-state index in [2.05, 4.69) is 0 Å². The summed E-state index contributed by atoms with van der Waals surface area (Å²) in [6.45, 7) is 3.26. The van der Waals surface area contributed by atoms with Crippen molar-refractivity contribution in [2.75, 3.05) is 19.9 Å². The molecule has 0 aromatic heterocycles. The van der Waals surface area contributed by atoms with Gasteiger partial charge in [0.25, 0.3) is 0 Å². The quantitative estimate of drug-likeness (QED) is 0.669. The van der Waals surface area contributed by atoms with Gasteiger partial charge in [-0.15, -0.1) is 0 Å². The predicted molar refractivity (Wildman–Crippen MR) is 125 cm³/mol. The number of fused-ring (bicyclic) bond motifs is 2. The highest BCUT2D eigenvalue weighted by Gasteiger charge is 2.50. The Morgan fingerprint density at radius 3 is 2.91 bits per heavy atom. The van der Waals surface area contributed by atoms with Gasteiger partial charge in [-0.3, -0.25) is 4.79 Å². The Bertz CT molecular complexity index is 1050. The van der Waals surface area contributed by atoms with Crippen molar-refractivity contribution in [3.8, 4) is 17.2 Å². The largest absolute Gasteiger partial charge is 0.494 e. The molecule has 2 fully saturated rings. The molecule has 6 heteroatoms. The number of piperidine rings is 1. The summed E-state index contributed by atoms with van der Waals surface area (Å²) in [6, 6.07) is 13.4. The molecule has 2 aromatic rings. The van der Waals surface area contributed by atoms with Crippen molar-refractivity contribution in [2.24, 2.45) is 5.92 Å². The summed E-state index contributed by atoms with van der Waals surface area (Å²) in [4.78, 5) is 15.4. The van der Waals surface area contributed by atoms with E-state index in [1.54, 1.807) is 6.08 Å². The molecule has 2 aromatic carbocycles. The van der Waals surface area contributed by atoms with Gasteiger partial charge in [0.2, 0.25) is 12.7 Å². The van der Waals surface area contributed by atoms with E-state index >= 15 is 0 Å². The first-order valence-corrected chi connectivity index (χ1v) is 11.9. The molecule has 2 aliphatic heterocycles. The van der Waals surface area contributed by atoms with E-state index in [9.17, 15) is 9.90 Å². The zero-order chi connectivity index (χ0) is 22.8. The SMILES string of the molecule is CCOc1ccccc1[C@@H]1[C@@H]2CCCC[C@]2(O)CCN1C(=O)/C=C/c1ccc2c(c1)OCO2. The lowest BCUT2D eigenvalue weighted by molar-refractivity contribution is -0.151. The maximum Gasteiger partial charge on any atom is 0.247 e. The third-order valence-corrected chi connectivity index (χ3v) is 7.20. The normalized spacial score (nSPS) is 26.3. The molecule has 3 aliphatic rings. The lowest BCUT2D eigenvalue weighted by Crippen LogP contribution is -2.56. The number of hydrogen-bond acceptors (Lipinski definition) is 5. The second-order valence-electron chi connectivity index (χ2n) is 9.10. The van der Waals surface area contributed by atoms with E-state index in [4.69, 9.17) is 14.2 Å². The lowest BCUT2D eigenvalue weighted by atomic mass is 9.66. The van der Waals surface area contributed by atoms with Crippen molar-refractivity contribution in [2.45, 2.75) is 50.7 Å². The van der Waals surface area contributed by atoms with Crippen LogP contribution in [0.2, 0.25) is 0 Å². The second kappa shape index (κ2) is 9.10. The summed E-state index contributed by atoms with van der Waals surface area (Å²) in [6.07, 6.45) is 7.84. The number of carbonyl (C=O) groups is 1.